The lowest BCUT2D eigenvalue weighted by molar-refractivity contribution is -0.0212. The van der Waals surface area contributed by atoms with Crippen LogP contribution in [0.3, 0.4) is 0 Å². The number of carbonyl (C=O) groups is 1. The number of carbonyl (C=O) groups excluding carboxylic acids is 1. The Bertz CT molecular complexity index is 698. The van der Waals surface area contributed by atoms with Crippen LogP contribution in [0.2, 0.25) is 0 Å². The SMILES string of the molecule is Cc1cc(C(=O)NCc2cccc(CN3CCOC(C)C3)c2)n[nH]1. The fraction of sp³-hybridized carbons (Fsp3) is 0.444. The Hall–Kier alpha value is -2.18. The first-order chi connectivity index (χ1) is 11.6. The number of nitrogens with one attached hydrogen (secondary N) is 2. The first kappa shape index (κ1) is 16.7. The van der Waals surface area contributed by atoms with Crippen molar-refractivity contribution in [1.29, 1.82) is 0 Å². The van der Waals surface area contributed by atoms with E-state index in [1.165, 1.54) is 5.56 Å². The highest BCUT2D eigenvalue weighted by Gasteiger charge is 2.16. The number of nitrogens with zero attached hydrogens (tertiary/aromatic N) is 2. The molecule has 6 nitrogen and oxygen atoms in total. The molecular formula is C18H24N4O2. The highest BCUT2D eigenvalue weighted by atomic mass is 16.5. The fourth-order valence-corrected chi connectivity index (χ4v) is 2.94. The number of aromatic nitrogens is 2. The van der Waals surface area contributed by atoms with Gasteiger partial charge < -0.3 is 10.1 Å². The number of morpholine rings is 1. The second-order valence-electron chi connectivity index (χ2n) is 6.36. The summed E-state index contributed by atoms with van der Waals surface area (Å²) in [5.41, 5.74) is 3.65. The molecule has 0 saturated carbocycles. The third kappa shape index (κ3) is 4.43. The fourth-order valence-electron chi connectivity index (χ4n) is 2.94. The standard InChI is InChI=1S/C18H24N4O2/c1-13-8-17(21-20-13)18(23)19-10-15-4-3-5-16(9-15)12-22-6-7-24-14(2)11-22/h3-5,8-9,14H,6-7,10-12H2,1-2H3,(H,19,23)(H,20,21). The molecule has 2 N–H and O–H groups in total. The van der Waals surface area contributed by atoms with E-state index in [1.54, 1.807) is 6.07 Å². The van der Waals surface area contributed by atoms with E-state index in [1.807, 2.05) is 19.1 Å². The van der Waals surface area contributed by atoms with Crippen molar-refractivity contribution in [2.24, 2.45) is 0 Å². The smallest absolute Gasteiger partial charge is 0.272 e. The molecule has 128 valence electrons. The van der Waals surface area contributed by atoms with Crippen molar-refractivity contribution >= 4 is 5.91 Å². The zero-order valence-corrected chi connectivity index (χ0v) is 14.2. The highest BCUT2D eigenvalue weighted by Crippen LogP contribution is 2.12. The van der Waals surface area contributed by atoms with Crippen LogP contribution >= 0.6 is 0 Å². The first-order valence-corrected chi connectivity index (χ1v) is 8.32. The van der Waals surface area contributed by atoms with Gasteiger partial charge >= 0.3 is 0 Å². The Morgan fingerprint density at radius 1 is 1.42 bits per heavy atom. The average molecular weight is 328 g/mol. The van der Waals surface area contributed by atoms with Gasteiger partial charge in [0.25, 0.3) is 5.91 Å². The van der Waals surface area contributed by atoms with Gasteiger partial charge in [0, 0.05) is 31.9 Å². The van der Waals surface area contributed by atoms with E-state index >= 15 is 0 Å². The summed E-state index contributed by atoms with van der Waals surface area (Å²) in [4.78, 5) is 14.5. The molecule has 1 aliphatic heterocycles. The lowest BCUT2D eigenvalue weighted by Gasteiger charge is -2.31. The van der Waals surface area contributed by atoms with Crippen LogP contribution in [0.5, 0.6) is 0 Å². The Balaban J connectivity index is 1.56. The number of hydrogen-bond acceptors (Lipinski definition) is 4. The molecule has 2 aromatic rings. The van der Waals surface area contributed by atoms with E-state index in [9.17, 15) is 4.79 Å². The number of benzene rings is 1. The van der Waals surface area contributed by atoms with Crippen molar-refractivity contribution in [3.8, 4) is 0 Å². The largest absolute Gasteiger partial charge is 0.376 e. The first-order valence-electron chi connectivity index (χ1n) is 8.32. The topological polar surface area (TPSA) is 70.2 Å². The van der Waals surface area contributed by atoms with Gasteiger partial charge in [0.2, 0.25) is 0 Å². The van der Waals surface area contributed by atoms with Gasteiger partial charge in [0.1, 0.15) is 5.69 Å². The van der Waals surface area contributed by atoms with Crippen molar-refractivity contribution in [2.45, 2.75) is 33.0 Å². The normalized spacial score (nSPS) is 18.5. The number of hydrogen-bond donors (Lipinski definition) is 2. The predicted octanol–water partition coefficient (Wildman–Crippen LogP) is 1.87. The van der Waals surface area contributed by atoms with E-state index in [2.05, 4.69) is 39.5 Å². The summed E-state index contributed by atoms with van der Waals surface area (Å²) in [6.07, 6.45) is 0.290. The third-order valence-electron chi connectivity index (χ3n) is 4.11. The maximum Gasteiger partial charge on any atom is 0.272 e. The van der Waals surface area contributed by atoms with Crippen LogP contribution in [-0.2, 0) is 17.8 Å². The molecule has 1 atom stereocenters. The molecule has 1 aliphatic rings. The lowest BCUT2D eigenvalue weighted by atomic mass is 10.1. The molecule has 1 amide bonds. The van der Waals surface area contributed by atoms with Crippen LogP contribution < -0.4 is 5.32 Å². The summed E-state index contributed by atoms with van der Waals surface area (Å²) in [5.74, 6) is -0.160. The minimum Gasteiger partial charge on any atom is -0.376 e. The van der Waals surface area contributed by atoms with Gasteiger partial charge in [0.05, 0.1) is 12.7 Å². The van der Waals surface area contributed by atoms with Crippen LogP contribution in [0.25, 0.3) is 0 Å². The molecule has 1 fully saturated rings. The summed E-state index contributed by atoms with van der Waals surface area (Å²) in [6.45, 7) is 8.10. The molecule has 3 rings (SSSR count). The molecule has 6 heteroatoms. The Morgan fingerprint density at radius 3 is 3.00 bits per heavy atom. The number of amides is 1. The van der Waals surface area contributed by atoms with Gasteiger partial charge in [-0.25, -0.2) is 0 Å². The van der Waals surface area contributed by atoms with Gasteiger partial charge in [-0.3, -0.25) is 14.8 Å². The molecular weight excluding hydrogens is 304 g/mol. The van der Waals surface area contributed by atoms with Crippen molar-refractivity contribution in [1.82, 2.24) is 20.4 Å². The maximum atomic E-state index is 12.1. The lowest BCUT2D eigenvalue weighted by Crippen LogP contribution is -2.40. The molecule has 24 heavy (non-hydrogen) atoms. The van der Waals surface area contributed by atoms with Crippen LogP contribution in [0.4, 0.5) is 0 Å². The number of ether oxygens (including phenoxy) is 1. The molecule has 2 heterocycles. The van der Waals surface area contributed by atoms with Crippen LogP contribution in [0.1, 0.15) is 34.2 Å². The summed E-state index contributed by atoms with van der Waals surface area (Å²) in [7, 11) is 0. The third-order valence-corrected chi connectivity index (χ3v) is 4.11. The Morgan fingerprint density at radius 2 is 2.25 bits per heavy atom. The van der Waals surface area contributed by atoms with Gasteiger partial charge in [0.15, 0.2) is 0 Å². The average Bonchev–Trinajstić information content (AvgIpc) is 3.00. The van der Waals surface area contributed by atoms with Crippen LogP contribution in [0.15, 0.2) is 30.3 Å². The highest BCUT2D eigenvalue weighted by molar-refractivity contribution is 5.92. The monoisotopic (exact) mass is 328 g/mol. The Kier molecular flexibility index (Phi) is 5.27. The molecule has 1 aromatic heterocycles. The molecule has 1 saturated heterocycles. The zero-order valence-electron chi connectivity index (χ0n) is 14.2. The van der Waals surface area contributed by atoms with Crippen LogP contribution in [0, 0.1) is 6.92 Å². The van der Waals surface area contributed by atoms with E-state index in [4.69, 9.17) is 4.74 Å². The number of aryl methyl sites for hydroxylation is 1. The molecule has 1 unspecified atom stereocenters. The number of rotatable bonds is 5. The minimum absolute atomic E-state index is 0.160. The summed E-state index contributed by atoms with van der Waals surface area (Å²) in [6, 6.07) is 10.1. The maximum absolute atomic E-state index is 12.1. The molecule has 0 radical (unpaired) electrons. The van der Waals surface area contributed by atoms with Crippen molar-refractivity contribution in [2.75, 3.05) is 19.7 Å². The van der Waals surface area contributed by atoms with Gasteiger partial charge in [-0.05, 0) is 31.0 Å². The van der Waals surface area contributed by atoms with Crippen molar-refractivity contribution in [3.05, 3.63) is 52.8 Å². The quantitative estimate of drug-likeness (QED) is 0.879. The predicted molar refractivity (Wildman–Crippen MR) is 91.6 cm³/mol. The van der Waals surface area contributed by atoms with Crippen LogP contribution in [-0.4, -0.2) is 46.8 Å². The van der Waals surface area contributed by atoms with E-state index in [-0.39, 0.29) is 5.91 Å². The number of H-pyrrole nitrogens is 1. The van der Waals surface area contributed by atoms with Gasteiger partial charge in [-0.15, -0.1) is 0 Å². The van der Waals surface area contributed by atoms with E-state index in [0.29, 0.717) is 18.3 Å². The summed E-state index contributed by atoms with van der Waals surface area (Å²) < 4.78 is 5.58. The summed E-state index contributed by atoms with van der Waals surface area (Å²) in [5, 5.41) is 9.67. The van der Waals surface area contributed by atoms with Gasteiger partial charge in [-0.1, -0.05) is 24.3 Å². The second kappa shape index (κ2) is 7.59. The van der Waals surface area contributed by atoms with E-state index < -0.39 is 0 Å². The van der Waals surface area contributed by atoms with Gasteiger partial charge in [-0.2, -0.15) is 5.10 Å². The molecule has 0 bridgehead atoms. The van der Waals surface area contributed by atoms with E-state index in [0.717, 1.165) is 37.5 Å². The molecule has 1 aromatic carbocycles. The molecule has 0 aliphatic carbocycles. The molecule has 0 spiro atoms. The Labute approximate surface area is 142 Å². The summed E-state index contributed by atoms with van der Waals surface area (Å²) >= 11 is 0. The van der Waals surface area contributed by atoms with Crippen molar-refractivity contribution < 1.29 is 9.53 Å². The number of aromatic amines is 1. The van der Waals surface area contributed by atoms with Crippen molar-refractivity contribution in [3.63, 3.8) is 0 Å². The zero-order chi connectivity index (χ0) is 16.9. The minimum atomic E-state index is -0.160. The second-order valence-corrected chi connectivity index (χ2v) is 6.36.